The van der Waals surface area contributed by atoms with E-state index in [1.54, 1.807) is 26.5 Å². The van der Waals surface area contributed by atoms with E-state index in [1.807, 2.05) is 61.7 Å². The number of piperidine rings is 1. The highest BCUT2D eigenvalue weighted by atomic mass is 32.2. The number of hydrogen-bond donors (Lipinski definition) is 1. The van der Waals surface area contributed by atoms with Crippen LogP contribution in [-0.2, 0) is 16.1 Å². The average Bonchev–Trinajstić information content (AvgIpc) is 2.84. The molecule has 2 saturated heterocycles. The van der Waals surface area contributed by atoms with Crippen LogP contribution in [0.3, 0.4) is 0 Å². The van der Waals surface area contributed by atoms with E-state index in [1.165, 1.54) is 5.56 Å². The molecule has 2 aliphatic rings. The molecule has 0 spiro atoms. The van der Waals surface area contributed by atoms with E-state index in [0.29, 0.717) is 45.6 Å². The summed E-state index contributed by atoms with van der Waals surface area (Å²) in [5.74, 6) is -0.860. The van der Waals surface area contributed by atoms with Gasteiger partial charge in [-0.25, -0.2) is 4.79 Å². The van der Waals surface area contributed by atoms with E-state index in [-0.39, 0.29) is 12.1 Å². The molecule has 2 aromatic rings. The number of thioether (sulfide) groups is 1. The quantitative estimate of drug-likeness (QED) is 0.540. The lowest BCUT2D eigenvalue weighted by molar-refractivity contribution is -0.158. The number of piperazine rings is 1. The molecule has 0 radical (unpaired) electrons. The number of carbonyl (C=O) groups excluding carboxylic acids is 3. The second-order valence-corrected chi connectivity index (χ2v) is 9.47. The van der Waals surface area contributed by atoms with Crippen molar-refractivity contribution < 1.29 is 14.4 Å². The Morgan fingerprint density at radius 2 is 1.73 bits per heavy atom. The van der Waals surface area contributed by atoms with Crippen molar-refractivity contribution in [2.75, 3.05) is 37.8 Å². The summed E-state index contributed by atoms with van der Waals surface area (Å²) in [5.41, 5.74) is 2.97. The monoisotopic (exact) mass is 466 g/mol. The first kappa shape index (κ1) is 23.2. The van der Waals surface area contributed by atoms with Crippen molar-refractivity contribution >= 4 is 35.3 Å². The van der Waals surface area contributed by atoms with Gasteiger partial charge in [-0.15, -0.1) is 11.8 Å². The van der Waals surface area contributed by atoms with Crippen LogP contribution in [0.15, 0.2) is 53.4 Å². The molecule has 0 bridgehead atoms. The van der Waals surface area contributed by atoms with Gasteiger partial charge in [0.1, 0.15) is 0 Å². The number of nitrogens with one attached hydrogen (secondary N) is 1. The topological polar surface area (TPSA) is 73.0 Å². The Hall–Kier alpha value is -3.00. The van der Waals surface area contributed by atoms with Gasteiger partial charge < -0.3 is 20.0 Å². The largest absolute Gasteiger partial charge is 0.330 e. The van der Waals surface area contributed by atoms with Gasteiger partial charge in [-0.3, -0.25) is 9.59 Å². The fraction of sp³-hybridized carbons (Fsp3) is 0.400. The van der Waals surface area contributed by atoms with Gasteiger partial charge in [0, 0.05) is 49.3 Å². The standard InChI is InChI=1S/C25H30N4O3S/c1-18-6-8-19(9-7-18)17-28-14-15-29(24(31)23(28)30)21-10-12-27(13-11-21)25(32)26-20-4-3-5-22(16-20)33-2/h3-9,16,21H,10-15,17H2,1-2H3,(H,26,32). The highest BCUT2D eigenvalue weighted by Gasteiger charge is 2.38. The van der Waals surface area contributed by atoms with Gasteiger partial charge in [-0.05, 0) is 49.8 Å². The third-order valence-electron chi connectivity index (χ3n) is 6.35. The van der Waals surface area contributed by atoms with Crippen molar-refractivity contribution in [3.8, 4) is 0 Å². The van der Waals surface area contributed by atoms with Crippen molar-refractivity contribution in [3.05, 3.63) is 59.7 Å². The van der Waals surface area contributed by atoms with Crippen molar-refractivity contribution in [2.45, 2.75) is 37.2 Å². The number of likely N-dealkylation sites (tertiary alicyclic amines) is 1. The minimum absolute atomic E-state index is 0.00755. The molecule has 0 aromatic heterocycles. The van der Waals surface area contributed by atoms with E-state index in [9.17, 15) is 14.4 Å². The Bertz CT molecular complexity index is 1020. The van der Waals surface area contributed by atoms with Crippen LogP contribution in [0.1, 0.15) is 24.0 Å². The highest BCUT2D eigenvalue weighted by Crippen LogP contribution is 2.23. The molecular formula is C25H30N4O3S. The van der Waals surface area contributed by atoms with Crippen molar-refractivity contribution in [1.82, 2.24) is 14.7 Å². The summed E-state index contributed by atoms with van der Waals surface area (Å²) in [7, 11) is 0. The Balaban J connectivity index is 1.29. The van der Waals surface area contributed by atoms with E-state index in [2.05, 4.69) is 5.32 Å². The van der Waals surface area contributed by atoms with Gasteiger partial charge in [-0.1, -0.05) is 35.9 Å². The molecule has 2 aromatic carbocycles. The van der Waals surface area contributed by atoms with Gasteiger partial charge in [0.25, 0.3) is 0 Å². The van der Waals surface area contributed by atoms with E-state index < -0.39 is 11.8 Å². The predicted molar refractivity (Wildman–Crippen MR) is 130 cm³/mol. The summed E-state index contributed by atoms with van der Waals surface area (Å²) < 4.78 is 0. The third-order valence-corrected chi connectivity index (χ3v) is 7.07. The summed E-state index contributed by atoms with van der Waals surface area (Å²) in [4.78, 5) is 44.5. The van der Waals surface area contributed by atoms with Gasteiger partial charge in [0.15, 0.2) is 0 Å². The van der Waals surface area contributed by atoms with Crippen LogP contribution in [0.25, 0.3) is 0 Å². The number of nitrogens with zero attached hydrogens (tertiary/aromatic N) is 3. The molecule has 174 valence electrons. The average molecular weight is 467 g/mol. The number of carbonyl (C=O) groups is 3. The zero-order valence-corrected chi connectivity index (χ0v) is 19.9. The first-order valence-electron chi connectivity index (χ1n) is 11.3. The normalized spacial score (nSPS) is 17.5. The lowest BCUT2D eigenvalue weighted by Crippen LogP contribution is -2.59. The molecule has 0 unspecified atom stereocenters. The second kappa shape index (κ2) is 10.3. The van der Waals surface area contributed by atoms with Gasteiger partial charge in [-0.2, -0.15) is 0 Å². The molecule has 4 rings (SSSR count). The molecule has 33 heavy (non-hydrogen) atoms. The molecule has 2 fully saturated rings. The van der Waals surface area contributed by atoms with Crippen LogP contribution in [-0.4, -0.2) is 71.0 Å². The molecule has 2 heterocycles. The molecule has 8 heteroatoms. The maximum absolute atomic E-state index is 12.8. The van der Waals surface area contributed by atoms with Crippen LogP contribution in [0, 0.1) is 6.92 Å². The van der Waals surface area contributed by atoms with E-state index in [4.69, 9.17) is 0 Å². The summed E-state index contributed by atoms with van der Waals surface area (Å²) in [6, 6.07) is 15.7. The third kappa shape index (κ3) is 5.50. The van der Waals surface area contributed by atoms with Crippen LogP contribution < -0.4 is 5.32 Å². The SMILES string of the molecule is CSc1cccc(NC(=O)N2CCC(N3CCN(Cc4ccc(C)cc4)C(=O)C3=O)CC2)c1. The van der Waals surface area contributed by atoms with Crippen molar-refractivity contribution in [1.29, 1.82) is 0 Å². The first-order valence-corrected chi connectivity index (χ1v) is 12.5. The highest BCUT2D eigenvalue weighted by molar-refractivity contribution is 7.98. The van der Waals surface area contributed by atoms with E-state index >= 15 is 0 Å². The maximum atomic E-state index is 12.8. The lowest BCUT2D eigenvalue weighted by atomic mass is 10.0. The Kier molecular flexibility index (Phi) is 7.23. The molecule has 2 aliphatic heterocycles. The van der Waals surface area contributed by atoms with Crippen molar-refractivity contribution in [3.63, 3.8) is 0 Å². The minimum atomic E-state index is -0.435. The Morgan fingerprint density at radius 1 is 1.00 bits per heavy atom. The van der Waals surface area contributed by atoms with E-state index in [0.717, 1.165) is 16.1 Å². The molecule has 4 amide bonds. The molecule has 0 aliphatic carbocycles. The smallest absolute Gasteiger partial charge is 0.321 e. The number of amides is 4. The Labute approximate surface area is 199 Å². The fourth-order valence-corrected chi connectivity index (χ4v) is 4.85. The minimum Gasteiger partial charge on any atom is -0.330 e. The molecular weight excluding hydrogens is 436 g/mol. The summed E-state index contributed by atoms with van der Waals surface area (Å²) in [5, 5.41) is 2.96. The Morgan fingerprint density at radius 3 is 2.42 bits per heavy atom. The van der Waals surface area contributed by atoms with Crippen LogP contribution >= 0.6 is 11.8 Å². The summed E-state index contributed by atoms with van der Waals surface area (Å²) in [6.45, 7) is 4.66. The number of urea groups is 1. The number of rotatable bonds is 5. The van der Waals surface area contributed by atoms with Gasteiger partial charge >= 0.3 is 17.8 Å². The predicted octanol–water partition coefficient (Wildman–Crippen LogP) is 3.58. The first-order chi connectivity index (χ1) is 15.9. The number of aryl methyl sites for hydroxylation is 1. The van der Waals surface area contributed by atoms with Crippen LogP contribution in [0.2, 0.25) is 0 Å². The number of hydrogen-bond acceptors (Lipinski definition) is 4. The van der Waals surface area contributed by atoms with Gasteiger partial charge in [0.05, 0.1) is 0 Å². The zero-order valence-electron chi connectivity index (χ0n) is 19.1. The van der Waals surface area contributed by atoms with Crippen molar-refractivity contribution in [2.24, 2.45) is 0 Å². The molecule has 1 N–H and O–H groups in total. The lowest BCUT2D eigenvalue weighted by Gasteiger charge is -2.42. The molecule has 0 saturated carbocycles. The number of benzene rings is 2. The van der Waals surface area contributed by atoms with Gasteiger partial charge in [0.2, 0.25) is 0 Å². The molecule has 0 atom stereocenters. The maximum Gasteiger partial charge on any atom is 0.321 e. The zero-order chi connectivity index (χ0) is 23.4. The number of anilines is 1. The second-order valence-electron chi connectivity index (χ2n) is 8.59. The fourth-order valence-electron chi connectivity index (χ4n) is 4.39. The summed E-state index contributed by atoms with van der Waals surface area (Å²) >= 11 is 1.63. The van der Waals surface area contributed by atoms with Crippen LogP contribution in [0.4, 0.5) is 10.5 Å². The van der Waals surface area contributed by atoms with Crippen LogP contribution in [0.5, 0.6) is 0 Å². The summed E-state index contributed by atoms with van der Waals surface area (Å²) in [6.07, 6.45) is 3.35. The molecule has 7 nitrogen and oxygen atoms in total.